The Balaban J connectivity index is 2.30. The quantitative estimate of drug-likeness (QED) is 0.610. The minimum Gasteiger partial charge on any atom is -0.371 e. The Hall–Kier alpha value is -2.14. The Morgan fingerprint density at radius 2 is 2.20 bits per heavy atom. The van der Waals surface area contributed by atoms with Crippen LogP contribution in [0.3, 0.4) is 0 Å². The molecule has 0 aromatic heterocycles. The number of benzene rings is 1. The van der Waals surface area contributed by atoms with Crippen LogP contribution in [0, 0.1) is 21.4 Å². The highest BCUT2D eigenvalue weighted by Gasteiger charge is 2.31. The fourth-order valence-electron chi connectivity index (χ4n) is 2.28. The number of hydrogen-bond donors (Lipinski definition) is 0. The van der Waals surface area contributed by atoms with Gasteiger partial charge >= 0.3 is 0 Å². The van der Waals surface area contributed by atoms with Crippen molar-refractivity contribution >= 4 is 21.2 Å². The second-order valence-corrected chi connectivity index (χ2v) is 6.97. The van der Waals surface area contributed by atoms with Crippen molar-refractivity contribution in [1.29, 1.82) is 5.26 Å². The lowest BCUT2D eigenvalue weighted by Gasteiger charge is -2.25. The first kappa shape index (κ1) is 14.3. The van der Waals surface area contributed by atoms with E-state index in [9.17, 15) is 18.5 Å². The van der Waals surface area contributed by atoms with Crippen LogP contribution in [-0.4, -0.2) is 37.9 Å². The Morgan fingerprint density at radius 1 is 1.50 bits per heavy atom. The highest BCUT2D eigenvalue weighted by atomic mass is 32.2. The number of nitro benzene ring substituents is 1. The van der Waals surface area contributed by atoms with Gasteiger partial charge in [-0.25, -0.2) is 8.42 Å². The van der Waals surface area contributed by atoms with Crippen molar-refractivity contribution < 1.29 is 13.3 Å². The van der Waals surface area contributed by atoms with Gasteiger partial charge in [-0.2, -0.15) is 5.26 Å². The zero-order valence-corrected chi connectivity index (χ0v) is 11.6. The lowest BCUT2D eigenvalue weighted by molar-refractivity contribution is -0.385. The molecule has 1 heterocycles. The molecule has 2 rings (SSSR count). The van der Waals surface area contributed by atoms with Gasteiger partial charge in [-0.1, -0.05) is 0 Å². The van der Waals surface area contributed by atoms with Gasteiger partial charge in [0.1, 0.15) is 11.6 Å². The van der Waals surface area contributed by atoms with Crippen LogP contribution in [-0.2, 0) is 9.84 Å². The molecular formula is C12H13N3O4S. The molecule has 0 amide bonds. The predicted octanol–water partition coefficient (Wildman–Crippen LogP) is 1.09. The molecule has 20 heavy (non-hydrogen) atoms. The van der Waals surface area contributed by atoms with Crippen molar-refractivity contribution in [1.82, 2.24) is 0 Å². The summed E-state index contributed by atoms with van der Waals surface area (Å²) in [5, 5.41) is 19.7. The van der Waals surface area contributed by atoms with Gasteiger partial charge in [0.05, 0.1) is 16.4 Å². The van der Waals surface area contributed by atoms with Gasteiger partial charge in [0.25, 0.3) is 5.69 Å². The largest absolute Gasteiger partial charge is 0.371 e. The normalized spacial score (nSPS) is 20.3. The highest BCUT2D eigenvalue weighted by molar-refractivity contribution is 7.91. The molecule has 1 aromatic carbocycles. The SMILES string of the molecule is CN(c1ccc([N+](=O)[O-])c(C#N)c1)C1CCS(=O)(=O)C1. The van der Waals surface area contributed by atoms with E-state index in [2.05, 4.69) is 0 Å². The van der Waals surface area contributed by atoms with Gasteiger partial charge < -0.3 is 4.90 Å². The molecule has 0 spiro atoms. The van der Waals surface area contributed by atoms with E-state index in [0.717, 1.165) is 0 Å². The molecule has 0 saturated carbocycles. The summed E-state index contributed by atoms with van der Waals surface area (Å²) in [4.78, 5) is 11.9. The Kier molecular flexibility index (Phi) is 3.63. The van der Waals surface area contributed by atoms with Crippen LogP contribution in [0.15, 0.2) is 18.2 Å². The summed E-state index contributed by atoms with van der Waals surface area (Å²) in [6.07, 6.45) is 0.526. The van der Waals surface area contributed by atoms with Gasteiger partial charge in [0.15, 0.2) is 9.84 Å². The lowest BCUT2D eigenvalue weighted by Crippen LogP contribution is -2.32. The van der Waals surface area contributed by atoms with E-state index in [0.29, 0.717) is 12.1 Å². The molecule has 1 saturated heterocycles. The molecule has 1 aromatic rings. The van der Waals surface area contributed by atoms with E-state index in [1.807, 2.05) is 0 Å². The van der Waals surface area contributed by atoms with Gasteiger partial charge in [0, 0.05) is 24.8 Å². The van der Waals surface area contributed by atoms with Crippen molar-refractivity contribution in [3.63, 3.8) is 0 Å². The van der Waals surface area contributed by atoms with Crippen molar-refractivity contribution in [3.05, 3.63) is 33.9 Å². The summed E-state index contributed by atoms with van der Waals surface area (Å²) in [7, 11) is -1.27. The highest BCUT2D eigenvalue weighted by Crippen LogP contribution is 2.27. The second-order valence-electron chi connectivity index (χ2n) is 4.74. The van der Waals surface area contributed by atoms with E-state index in [-0.39, 0.29) is 28.8 Å². The van der Waals surface area contributed by atoms with Crippen LogP contribution < -0.4 is 4.90 Å². The maximum absolute atomic E-state index is 11.5. The van der Waals surface area contributed by atoms with Crippen LogP contribution in [0.25, 0.3) is 0 Å². The third-order valence-electron chi connectivity index (χ3n) is 3.46. The Bertz CT molecular complexity index is 693. The zero-order valence-electron chi connectivity index (χ0n) is 10.8. The number of nitriles is 1. The summed E-state index contributed by atoms with van der Waals surface area (Å²) in [6.45, 7) is 0. The first-order valence-corrected chi connectivity index (χ1v) is 7.78. The van der Waals surface area contributed by atoms with E-state index >= 15 is 0 Å². The number of anilines is 1. The summed E-state index contributed by atoms with van der Waals surface area (Å²) in [6, 6.07) is 5.86. The van der Waals surface area contributed by atoms with Crippen molar-refractivity contribution in [2.45, 2.75) is 12.5 Å². The molecule has 0 bridgehead atoms. The molecule has 1 unspecified atom stereocenters. The third-order valence-corrected chi connectivity index (χ3v) is 5.21. The summed E-state index contributed by atoms with van der Waals surface area (Å²) < 4.78 is 22.9. The molecule has 0 aliphatic carbocycles. The van der Waals surface area contributed by atoms with Crippen LogP contribution in [0.1, 0.15) is 12.0 Å². The van der Waals surface area contributed by atoms with Crippen LogP contribution in [0.2, 0.25) is 0 Å². The van der Waals surface area contributed by atoms with Gasteiger partial charge in [-0.3, -0.25) is 10.1 Å². The Labute approximate surface area is 116 Å². The molecule has 1 atom stereocenters. The van der Waals surface area contributed by atoms with Gasteiger partial charge in [-0.15, -0.1) is 0 Å². The summed E-state index contributed by atoms with van der Waals surface area (Å²) >= 11 is 0. The molecular weight excluding hydrogens is 282 g/mol. The lowest BCUT2D eigenvalue weighted by atomic mass is 10.1. The first-order chi connectivity index (χ1) is 9.34. The van der Waals surface area contributed by atoms with Crippen molar-refractivity contribution in [3.8, 4) is 6.07 Å². The number of sulfone groups is 1. The summed E-state index contributed by atoms with van der Waals surface area (Å²) in [5.41, 5.74) is 0.332. The first-order valence-electron chi connectivity index (χ1n) is 5.96. The fourth-order valence-corrected chi connectivity index (χ4v) is 4.06. The second kappa shape index (κ2) is 5.09. The molecule has 106 valence electrons. The fraction of sp³-hybridized carbons (Fsp3) is 0.417. The maximum Gasteiger partial charge on any atom is 0.287 e. The maximum atomic E-state index is 11.5. The van der Waals surface area contributed by atoms with E-state index < -0.39 is 14.8 Å². The average Bonchev–Trinajstić information content (AvgIpc) is 2.77. The number of rotatable bonds is 3. The molecule has 7 nitrogen and oxygen atoms in total. The number of nitrogens with zero attached hydrogens (tertiary/aromatic N) is 3. The predicted molar refractivity (Wildman–Crippen MR) is 73.3 cm³/mol. The molecule has 1 fully saturated rings. The van der Waals surface area contributed by atoms with E-state index in [1.54, 1.807) is 18.0 Å². The van der Waals surface area contributed by atoms with Crippen molar-refractivity contribution in [2.75, 3.05) is 23.5 Å². The molecule has 8 heteroatoms. The average molecular weight is 295 g/mol. The van der Waals surface area contributed by atoms with Crippen LogP contribution >= 0.6 is 0 Å². The molecule has 0 N–H and O–H groups in total. The molecule has 1 aliphatic rings. The number of nitro groups is 1. The van der Waals surface area contributed by atoms with Gasteiger partial charge in [0.2, 0.25) is 0 Å². The van der Waals surface area contributed by atoms with Crippen molar-refractivity contribution in [2.24, 2.45) is 0 Å². The number of hydrogen-bond acceptors (Lipinski definition) is 6. The molecule has 0 radical (unpaired) electrons. The third kappa shape index (κ3) is 2.72. The zero-order chi connectivity index (χ0) is 14.9. The van der Waals surface area contributed by atoms with Crippen LogP contribution in [0.5, 0.6) is 0 Å². The molecule has 1 aliphatic heterocycles. The summed E-state index contributed by atoms with van der Waals surface area (Å²) in [5.74, 6) is 0.225. The Morgan fingerprint density at radius 3 is 2.70 bits per heavy atom. The minimum absolute atomic E-state index is 0.0276. The standard InChI is InChI=1S/C12H13N3O4S/c1-14(11-4-5-20(18,19)8-11)10-2-3-12(15(16)17)9(6-10)7-13/h2-3,6,11H,4-5,8H2,1H3. The van der Waals surface area contributed by atoms with Gasteiger partial charge in [-0.05, 0) is 18.6 Å². The van der Waals surface area contributed by atoms with E-state index in [4.69, 9.17) is 5.26 Å². The topological polar surface area (TPSA) is 104 Å². The van der Waals surface area contributed by atoms with E-state index in [1.165, 1.54) is 18.2 Å². The monoisotopic (exact) mass is 295 g/mol. The van der Waals surface area contributed by atoms with Crippen LogP contribution in [0.4, 0.5) is 11.4 Å². The minimum atomic E-state index is -3.00. The smallest absolute Gasteiger partial charge is 0.287 e.